The maximum atomic E-state index is 6.01. The van der Waals surface area contributed by atoms with Gasteiger partial charge in [-0.05, 0) is 42.7 Å². The van der Waals surface area contributed by atoms with E-state index in [-0.39, 0.29) is 24.0 Å². The summed E-state index contributed by atoms with van der Waals surface area (Å²) in [5.41, 5.74) is 3.33. The van der Waals surface area contributed by atoms with Gasteiger partial charge in [0.15, 0.2) is 5.96 Å². The first kappa shape index (κ1) is 21.5. The number of para-hydroxylation sites is 2. The van der Waals surface area contributed by atoms with Crippen LogP contribution in [-0.4, -0.2) is 36.1 Å². The molecule has 0 amide bonds. The summed E-state index contributed by atoms with van der Waals surface area (Å²) >= 11 is 6.01. The topological polar surface area (TPSA) is 65.1 Å². The molecule has 0 atom stereocenters. The number of fused-ring (bicyclic) bond motifs is 1. The quantitative estimate of drug-likeness (QED) is 0.199. The van der Waals surface area contributed by atoms with Crippen molar-refractivity contribution < 1.29 is 0 Å². The normalized spacial score (nSPS) is 11.3. The predicted molar refractivity (Wildman–Crippen MR) is 124 cm³/mol. The number of benzene rings is 2. The molecule has 0 aliphatic carbocycles. The van der Waals surface area contributed by atoms with E-state index in [1.165, 1.54) is 5.56 Å². The number of guanidine groups is 1. The van der Waals surface area contributed by atoms with Gasteiger partial charge >= 0.3 is 0 Å². The fourth-order valence-electron chi connectivity index (χ4n) is 2.82. The first-order valence-electron chi connectivity index (χ1n) is 8.87. The molecule has 0 radical (unpaired) electrons. The maximum Gasteiger partial charge on any atom is 0.190 e. The summed E-state index contributed by atoms with van der Waals surface area (Å²) in [6.45, 7) is 1.65. The highest BCUT2D eigenvalue weighted by molar-refractivity contribution is 14.0. The van der Waals surface area contributed by atoms with E-state index in [0.717, 1.165) is 60.2 Å². The third-order valence-electron chi connectivity index (χ3n) is 4.14. The fraction of sp³-hybridized carbons (Fsp3) is 0.300. The molecule has 3 rings (SSSR count). The molecule has 144 valence electrons. The van der Waals surface area contributed by atoms with Crippen molar-refractivity contribution in [1.82, 2.24) is 20.6 Å². The van der Waals surface area contributed by atoms with Gasteiger partial charge in [-0.2, -0.15) is 0 Å². The van der Waals surface area contributed by atoms with Crippen LogP contribution in [0.1, 0.15) is 17.8 Å². The average Bonchev–Trinajstić information content (AvgIpc) is 3.06. The standard InChI is InChI=1S/C20H24ClN5.HI/c1-22-20(24-13-11-15-6-4-7-16(21)14-15)23-12-5-10-19-25-17-8-2-3-9-18(17)26-19;/h2-4,6-9,14H,5,10-13H2,1H3,(H,25,26)(H2,22,23,24);1H. The molecule has 2 aromatic carbocycles. The van der Waals surface area contributed by atoms with E-state index in [9.17, 15) is 0 Å². The molecule has 0 aliphatic rings. The second kappa shape index (κ2) is 11.1. The summed E-state index contributed by atoms with van der Waals surface area (Å²) in [7, 11) is 1.79. The second-order valence-corrected chi connectivity index (χ2v) is 6.55. The van der Waals surface area contributed by atoms with E-state index < -0.39 is 0 Å². The Morgan fingerprint density at radius 2 is 1.89 bits per heavy atom. The van der Waals surface area contributed by atoms with Crippen molar-refractivity contribution in [2.24, 2.45) is 4.99 Å². The van der Waals surface area contributed by atoms with E-state index >= 15 is 0 Å². The summed E-state index contributed by atoms with van der Waals surface area (Å²) in [5.74, 6) is 1.84. The van der Waals surface area contributed by atoms with Gasteiger partial charge in [-0.1, -0.05) is 35.9 Å². The van der Waals surface area contributed by atoms with Gasteiger partial charge in [-0.25, -0.2) is 4.98 Å². The van der Waals surface area contributed by atoms with Gasteiger partial charge in [0.1, 0.15) is 5.82 Å². The Labute approximate surface area is 182 Å². The molecular formula is C20H25ClIN5. The Hall–Kier alpha value is -1.80. The Kier molecular flexibility index (Phi) is 8.87. The summed E-state index contributed by atoms with van der Waals surface area (Å²) < 4.78 is 0. The summed E-state index contributed by atoms with van der Waals surface area (Å²) in [4.78, 5) is 12.2. The van der Waals surface area contributed by atoms with Crippen molar-refractivity contribution in [3.8, 4) is 0 Å². The number of aryl methyl sites for hydroxylation is 1. The first-order valence-corrected chi connectivity index (χ1v) is 9.25. The minimum absolute atomic E-state index is 0. The number of hydrogen-bond acceptors (Lipinski definition) is 2. The molecule has 0 saturated carbocycles. The molecule has 1 aromatic heterocycles. The second-order valence-electron chi connectivity index (χ2n) is 6.11. The highest BCUT2D eigenvalue weighted by atomic mass is 127. The van der Waals surface area contributed by atoms with Crippen molar-refractivity contribution >= 4 is 52.6 Å². The van der Waals surface area contributed by atoms with Gasteiger partial charge in [-0.3, -0.25) is 4.99 Å². The highest BCUT2D eigenvalue weighted by Gasteiger charge is 2.02. The summed E-state index contributed by atoms with van der Waals surface area (Å²) in [6.07, 6.45) is 2.79. The zero-order valence-corrected chi connectivity index (χ0v) is 18.4. The van der Waals surface area contributed by atoms with Crippen LogP contribution in [-0.2, 0) is 12.8 Å². The molecule has 0 unspecified atom stereocenters. The number of aromatic nitrogens is 2. The van der Waals surface area contributed by atoms with E-state index in [2.05, 4.69) is 37.7 Å². The van der Waals surface area contributed by atoms with Gasteiger partial charge in [0, 0.05) is 31.6 Å². The Balaban J connectivity index is 0.00000261. The molecule has 5 nitrogen and oxygen atoms in total. The number of nitrogens with zero attached hydrogens (tertiary/aromatic N) is 2. The van der Waals surface area contributed by atoms with Crippen LogP contribution >= 0.6 is 35.6 Å². The lowest BCUT2D eigenvalue weighted by atomic mass is 10.1. The van der Waals surface area contributed by atoms with Gasteiger partial charge in [0.25, 0.3) is 0 Å². The molecule has 0 bridgehead atoms. The largest absolute Gasteiger partial charge is 0.356 e. The number of hydrogen-bond donors (Lipinski definition) is 3. The lowest BCUT2D eigenvalue weighted by molar-refractivity contribution is 0.724. The highest BCUT2D eigenvalue weighted by Crippen LogP contribution is 2.11. The molecule has 7 heteroatoms. The zero-order valence-electron chi connectivity index (χ0n) is 15.3. The van der Waals surface area contributed by atoms with Gasteiger partial charge in [0.05, 0.1) is 11.0 Å². The van der Waals surface area contributed by atoms with Crippen LogP contribution in [0.25, 0.3) is 11.0 Å². The van der Waals surface area contributed by atoms with Crippen molar-refractivity contribution in [1.29, 1.82) is 0 Å². The molecule has 3 N–H and O–H groups in total. The van der Waals surface area contributed by atoms with Crippen molar-refractivity contribution in [3.63, 3.8) is 0 Å². The SMILES string of the molecule is CN=C(NCCCc1nc2ccccc2[nH]1)NCCc1cccc(Cl)c1.I. The number of aromatic amines is 1. The van der Waals surface area contributed by atoms with Gasteiger partial charge < -0.3 is 15.6 Å². The smallest absolute Gasteiger partial charge is 0.190 e. The minimum atomic E-state index is 0. The third-order valence-corrected chi connectivity index (χ3v) is 4.38. The molecule has 0 fully saturated rings. The molecule has 1 heterocycles. The summed E-state index contributed by atoms with van der Waals surface area (Å²) in [5, 5.41) is 7.45. The van der Waals surface area contributed by atoms with Crippen LogP contribution in [0.4, 0.5) is 0 Å². The molecular weight excluding hydrogens is 473 g/mol. The van der Waals surface area contributed by atoms with Crippen LogP contribution in [0.15, 0.2) is 53.5 Å². The van der Waals surface area contributed by atoms with Crippen molar-refractivity contribution in [2.75, 3.05) is 20.1 Å². The number of rotatable bonds is 7. The molecule has 3 aromatic rings. The van der Waals surface area contributed by atoms with E-state index in [1.807, 2.05) is 36.4 Å². The Morgan fingerprint density at radius 1 is 1.07 bits per heavy atom. The molecule has 0 spiro atoms. The van der Waals surface area contributed by atoms with Crippen LogP contribution in [0.2, 0.25) is 5.02 Å². The van der Waals surface area contributed by atoms with Gasteiger partial charge in [-0.15, -0.1) is 24.0 Å². The van der Waals surface area contributed by atoms with Crippen LogP contribution in [0, 0.1) is 0 Å². The summed E-state index contributed by atoms with van der Waals surface area (Å²) in [6, 6.07) is 16.0. The minimum Gasteiger partial charge on any atom is -0.356 e. The van der Waals surface area contributed by atoms with E-state index in [4.69, 9.17) is 11.6 Å². The van der Waals surface area contributed by atoms with Crippen LogP contribution in [0.3, 0.4) is 0 Å². The third kappa shape index (κ3) is 6.70. The number of nitrogens with one attached hydrogen (secondary N) is 3. The monoisotopic (exact) mass is 497 g/mol. The number of aliphatic imine (C=N–C) groups is 1. The van der Waals surface area contributed by atoms with Gasteiger partial charge in [0.2, 0.25) is 0 Å². The van der Waals surface area contributed by atoms with E-state index in [0.29, 0.717) is 0 Å². The maximum absolute atomic E-state index is 6.01. The Morgan fingerprint density at radius 3 is 2.67 bits per heavy atom. The lowest BCUT2D eigenvalue weighted by Gasteiger charge is -2.11. The number of imidazole rings is 1. The Bertz CT molecular complexity index is 844. The lowest BCUT2D eigenvalue weighted by Crippen LogP contribution is -2.38. The van der Waals surface area contributed by atoms with Crippen molar-refractivity contribution in [2.45, 2.75) is 19.3 Å². The fourth-order valence-corrected chi connectivity index (χ4v) is 3.04. The van der Waals surface area contributed by atoms with Crippen molar-refractivity contribution in [3.05, 3.63) is 64.9 Å². The van der Waals surface area contributed by atoms with Crippen LogP contribution in [0.5, 0.6) is 0 Å². The average molecular weight is 498 g/mol. The number of halogens is 2. The molecule has 0 saturated heterocycles. The van der Waals surface area contributed by atoms with E-state index in [1.54, 1.807) is 7.05 Å². The molecule has 27 heavy (non-hydrogen) atoms. The zero-order chi connectivity index (χ0) is 18.2. The first-order chi connectivity index (χ1) is 12.7. The molecule has 0 aliphatic heterocycles. The predicted octanol–water partition coefficient (Wildman–Crippen LogP) is 4.17. The van der Waals surface area contributed by atoms with Crippen LogP contribution < -0.4 is 10.6 Å². The number of H-pyrrole nitrogens is 1.